The molecule has 1 aromatic carbocycles. The molecular formula is C14H14ClNO2. The van der Waals surface area contributed by atoms with Crippen LogP contribution in [0.25, 0.3) is 10.9 Å². The molecule has 0 unspecified atom stereocenters. The number of aromatic nitrogens is 1. The van der Waals surface area contributed by atoms with E-state index in [1.165, 1.54) is 0 Å². The van der Waals surface area contributed by atoms with Crippen molar-refractivity contribution in [3.8, 4) is 0 Å². The normalized spacial score (nSPS) is 18.3. The van der Waals surface area contributed by atoms with Crippen LogP contribution in [0.4, 0.5) is 0 Å². The van der Waals surface area contributed by atoms with E-state index in [9.17, 15) is 9.90 Å². The van der Waals surface area contributed by atoms with Gasteiger partial charge in [-0.3, -0.25) is 4.79 Å². The number of nitrogens with one attached hydrogen (secondary N) is 1. The van der Waals surface area contributed by atoms with Gasteiger partial charge in [-0.1, -0.05) is 30.5 Å². The summed E-state index contributed by atoms with van der Waals surface area (Å²) in [5.41, 5.74) is 1.11. The van der Waals surface area contributed by atoms with Gasteiger partial charge in [-0.05, 0) is 30.5 Å². The fraction of sp³-hybridized carbons (Fsp3) is 0.357. The minimum Gasteiger partial charge on any atom is -0.481 e. The maximum Gasteiger partial charge on any atom is 0.314 e. The summed E-state index contributed by atoms with van der Waals surface area (Å²) in [6, 6.07) is 5.75. The SMILES string of the molecule is O=C(O)C1(c2ccc3[nH]cc(Cl)c3c2)CCCC1. The number of carboxylic acid groups (broad SMARTS) is 1. The molecule has 1 aliphatic rings. The highest BCUT2D eigenvalue weighted by molar-refractivity contribution is 6.35. The molecule has 0 radical (unpaired) electrons. The van der Waals surface area contributed by atoms with E-state index >= 15 is 0 Å². The van der Waals surface area contributed by atoms with E-state index in [-0.39, 0.29) is 0 Å². The van der Waals surface area contributed by atoms with Gasteiger partial charge in [0.25, 0.3) is 0 Å². The maximum atomic E-state index is 11.6. The van der Waals surface area contributed by atoms with E-state index in [4.69, 9.17) is 11.6 Å². The molecule has 0 bridgehead atoms. The number of carbonyl (C=O) groups is 1. The van der Waals surface area contributed by atoms with Gasteiger partial charge < -0.3 is 10.1 Å². The van der Waals surface area contributed by atoms with Crippen LogP contribution in [0, 0.1) is 0 Å². The smallest absolute Gasteiger partial charge is 0.314 e. The van der Waals surface area contributed by atoms with Gasteiger partial charge in [0.15, 0.2) is 0 Å². The highest BCUT2D eigenvalue weighted by atomic mass is 35.5. The van der Waals surface area contributed by atoms with Crippen LogP contribution in [0.1, 0.15) is 31.2 Å². The quantitative estimate of drug-likeness (QED) is 0.868. The van der Waals surface area contributed by atoms with Crippen LogP contribution >= 0.6 is 11.6 Å². The highest BCUT2D eigenvalue weighted by Gasteiger charge is 2.42. The lowest BCUT2D eigenvalue weighted by Crippen LogP contribution is -2.32. The first-order chi connectivity index (χ1) is 8.63. The Balaban J connectivity index is 2.17. The fourth-order valence-electron chi connectivity index (χ4n) is 2.99. The zero-order valence-electron chi connectivity index (χ0n) is 9.87. The Hall–Kier alpha value is -1.48. The molecule has 2 aromatic rings. The molecule has 0 saturated heterocycles. The van der Waals surface area contributed by atoms with Crippen LogP contribution in [0.5, 0.6) is 0 Å². The lowest BCUT2D eigenvalue weighted by atomic mass is 9.78. The molecule has 94 valence electrons. The van der Waals surface area contributed by atoms with Gasteiger partial charge in [-0.2, -0.15) is 0 Å². The summed E-state index contributed by atoms with van der Waals surface area (Å²) in [6.07, 6.45) is 5.13. The Morgan fingerprint density at radius 3 is 2.72 bits per heavy atom. The minimum absolute atomic E-state index is 0.644. The van der Waals surface area contributed by atoms with Crippen LogP contribution in [0.15, 0.2) is 24.4 Å². The molecule has 18 heavy (non-hydrogen) atoms. The zero-order chi connectivity index (χ0) is 12.8. The monoisotopic (exact) mass is 263 g/mol. The van der Waals surface area contributed by atoms with E-state index in [1.807, 2.05) is 18.2 Å². The summed E-state index contributed by atoms with van der Waals surface area (Å²) in [4.78, 5) is 14.7. The Kier molecular flexibility index (Phi) is 2.59. The van der Waals surface area contributed by atoms with Crippen LogP contribution in [-0.2, 0) is 10.2 Å². The van der Waals surface area contributed by atoms with Crippen LogP contribution < -0.4 is 0 Å². The van der Waals surface area contributed by atoms with Crippen molar-refractivity contribution in [2.45, 2.75) is 31.1 Å². The summed E-state index contributed by atoms with van der Waals surface area (Å²) in [6.45, 7) is 0. The van der Waals surface area contributed by atoms with Gasteiger partial charge in [0, 0.05) is 17.1 Å². The highest BCUT2D eigenvalue weighted by Crippen LogP contribution is 2.42. The number of fused-ring (bicyclic) bond motifs is 1. The Labute approximate surface area is 110 Å². The molecule has 3 rings (SSSR count). The third-order valence-electron chi connectivity index (χ3n) is 4.05. The second kappa shape index (κ2) is 4.02. The third kappa shape index (κ3) is 1.54. The second-order valence-electron chi connectivity index (χ2n) is 4.99. The molecule has 0 aliphatic heterocycles. The number of hydrogen-bond donors (Lipinski definition) is 2. The van der Waals surface area contributed by atoms with Crippen molar-refractivity contribution in [3.63, 3.8) is 0 Å². The van der Waals surface area contributed by atoms with Crippen LogP contribution in [0.2, 0.25) is 5.02 Å². The number of benzene rings is 1. The van der Waals surface area contributed by atoms with Crippen LogP contribution in [0.3, 0.4) is 0 Å². The molecular weight excluding hydrogens is 250 g/mol. The predicted octanol–water partition coefficient (Wildman–Crippen LogP) is 3.72. The average Bonchev–Trinajstić information content (AvgIpc) is 2.97. The van der Waals surface area contributed by atoms with Gasteiger partial charge in [0.2, 0.25) is 0 Å². The molecule has 1 saturated carbocycles. The molecule has 1 aliphatic carbocycles. The lowest BCUT2D eigenvalue weighted by Gasteiger charge is -2.24. The van der Waals surface area contributed by atoms with E-state index in [2.05, 4.69) is 4.98 Å². The van der Waals surface area contributed by atoms with Gasteiger partial charge in [-0.25, -0.2) is 0 Å². The molecule has 1 heterocycles. The number of aliphatic carboxylic acids is 1. The topological polar surface area (TPSA) is 53.1 Å². The molecule has 0 amide bonds. The third-order valence-corrected chi connectivity index (χ3v) is 4.36. The predicted molar refractivity (Wildman–Crippen MR) is 71.1 cm³/mol. The summed E-state index contributed by atoms with van der Waals surface area (Å²) in [5, 5.41) is 11.1. The van der Waals surface area contributed by atoms with Crippen molar-refractivity contribution in [3.05, 3.63) is 35.0 Å². The number of carboxylic acids is 1. The molecule has 4 heteroatoms. The van der Waals surface area contributed by atoms with E-state index in [0.717, 1.165) is 42.1 Å². The second-order valence-corrected chi connectivity index (χ2v) is 5.40. The molecule has 0 atom stereocenters. The molecule has 2 N–H and O–H groups in total. The van der Waals surface area contributed by atoms with Crippen molar-refractivity contribution >= 4 is 28.5 Å². The maximum absolute atomic E-state index is 11.6. The minimum atomic E-state index is -0.717. The molecule has 0 spiro atoms. The number of rotatable bonds is 2. The van der Waals surface area contributed by atoms with Crippen molar-refractivity contribution in [1.82, 2.24) is 4.98 Å². The van der Waals surface area contributed by atoms with Gasteiger partial charge >= 0.3 is 5.97 Å². The van der Waals surface area contributed by atoms with Crippen molar-refractivity contribution < 1.29 is 9.90 Å². The lowest BCUT2D eigenvalue weighted by molar-refractivity contribution is -0.143. The summed E-state index contributed by atoms with van der Waals surface area (Å²) >= 11 is 6.10. The Morgan fingerprint density at radius 2 is 2.06 bits per heavy atom. The number of H-pyrrole nitrogens is 1. The fourth-order valence-corrected chi connectivity index (χ4v) is 3.20. The molecule has 1 aromatic heterocycles. The van der Waals surface area contributed by atoms with Crippen LogP contribution in [-0.4, -0.2) is 16.1 Å². The number of halogens is 1. The van der Waals surface area contributed by atoms with Crippen molar-refractivity contribution in [2.24, 2.45) is 0 Å². The number of aromatic amines is 1. The van der Waals surface area contributed by atoms with Gasteiger partial charge in [-0.15, -0.1) is 0 Å². The van der Waals surface area contributed by atoms with Gasteiger partial charge in [0.1, 0.15) is 0 Å². The first kappa shape index (κ1) is 11.6. The number of hydrogen-bond acceptors (Lipinski definition) is 1. The van der Waals surface area contributed by atoms with E-state index < -0.39 is 11.4 Å². The van der Waals surface area contributed by atoms with E-state index in [0.29, 0.717) is 5.02 Å². The standard InChI is InChI=1S/C14H14ClNO2/c15-11-8-16-12-4-3-9(7-10(11)12)14(13(17)18)5-1-2-6-14/h3-4,7-8,16H,1-2,5-6H2,(H,17,18). The zero-order valence-corrected chi connectivity index (χ0v) is 10.6. The summed E-state index contributed by atoms with van der Waals surface area (Å²) in [7, 11) is 0. The van der Waals surface area contributed by atoms with Crippen molar-refractivity contribution in [2.75, 3.05) is 0 Å². The molecule has 3 nitrogen and oxygen atoms in total. The Morgan fingerprint density at radius 1 is 1.33 bits per heavy atom. The average molecular weight is 264 g/mol. The molecule has 1 fully saturated rings. The largest absolute Gasteiger partial charge is 0.481 e. The Bertz CT molecular complexity index is 611. The van der Waals surface area contributed by atoms with Gasteiger partial charge in [0.05, 0.1) is 10.4 Å². The summed E-state index contributed by atoms with van der Waals surface area (Å²) in [5.74, 6) is -0.717. The first-order valence-corrected chi connectivity index (χ1v) is 6.52. The van der Waals surface area contributed by atoms with E-state index in [1.54, 1.807) is 6.20 Å². The van der Waals surface area contributed by atoms with Crippen molar-refractivity contribution in [1.29, 1.82) is 0 Å². The first-order valence-electron chi connectivity index (χ1n) is 6.14. The summed E-state index contributed by atoms with van der Waals surface area (Å²) < 4.78 is 0.